The summed E-state index contributed by atoms with van der Waals surface area (Å²) in [5.41, 5.74) is 0.265. The molecule has 0 aromatic rings. The van der Waals surface area contributed by atoms with Gasteiger partial charge in [0.15, 0.2) is 0 Å². The molecule has 54 valence electrons. The number of hydrogen-bond acceptors (Lipinski definition) is 3. The lowest BCUT2D eigenvalue weighted by Gasteiger charge is -2.25. The zero-order valence-corrected chi connectivity index (χ0v) is 6.61. The van der Waals surface area contributed by atoms with Crippen LogP contribution >= 0.6 is 11.8 Å². The van der Waals surface area contributed by atoms with Crippen LogP contribution in [0.5, 0.6) is 0 Å². The number of ether oxygens (including phenoxy) is 2. The van der Waals surface area contributed by atoms with Crippen molar-refractivity contribution in [2.75, 3.05) is 19.5 Å². The topological polar surface area (TPSA) is 18.5 Å². The Balaban J connectivity index is 2.18. The number of hydrogen-bond donors (Lipinski definition) is 0. The Kier molecular flexibility index (Phi) is 2.82. The molecule has 2 nitrogen and oxygen atoms in total. The third-order valence-electron chi connectivity index (χ3n) is 1.30. The fraction of sp³-hybridized carbons (Fsp3) is 1.00. The van der Waals surface area contributed by atoms with Gasteiger partial charge in [-0.3, -0.25) is 0 Å². The molecular formula is C6H12O2S. The second-order valence-corrected chi connectivity index (χ2v) is 3.14. The minimum Gasteiger partial charge on any atom is -0.373 e. The molecule has 9 heavy (non-hydrogen) atoms. The summed E-state index contributed by atoms with van der Waals surface area (Å²) in [7, 11) is 0. The van der Waals surface area contributed by atoms with Crippen molar-refractivity contribution < 1.29 is 9.47 Å². The first kappa shape index (κ1) is 7.38. The van der Waals surface area contributed by atoms with E-state index in [1.54, 1.807) is 11.8 Å². The Morgan fingerprint density at radius 2 is 2.11 bits per heavy atom. The maximum Gasteiger partial charge on any atom is 0.126 e. The summed E-state index contributed by atoms with van der Waals surface area (Å²) >= 11 is 1.70. The molecule has 0 bridgehead atoms. The van der Waals surface area contributed by atoms with Crippen LogP contribution in [0.2, 0.25) is 0 Å². The van der Waals surface area contributed by atoms with Gasteiger partial charge in [0.25, 0.3) is 0 Å². The van der Waals surface area contributed by atoms with Crippen molar-refractivity contribution in [3.8, 4) is 0 Å². The molecule has 1 aliphatic heterocycles. The van der Waals surface area contributed by atoms with Gasteiger partial charge in [0.2, 0.25) is 0 Å². The quantitative estimate of drug-likeness (QED) is 0.555. The minimum atomic E-state index is 0.265. The monoisotopic (exact) mass is 148 g/mol. The highest BCUT2D eigenvalue weighted by Crippen LogP contribution is 2.14. The van der Waals surface area contributed by atoms with Gasteiger partial charge in [0.1, 0.15) is 5.44 Å². The summed E-state index contributed by atoms with van der Waals surface area (Å²) in [4.78, 5) is 0. The fourth-order valence-corrected chi connectivity index (χ4v) is 1.15. The van der Waals surface area contributed by atoms with Crippen LogP contribution in [0.4, 0.5) is 0 Å². The van der Waals surface area contributed by atoms with E-state index in [2.05, 4.69) is 0 Å². The summed E-state index contributed by atoms with van der Waals surface area (Å²) in [5, 5.41) is 0. The van der Waals surface area contributed by atoms with E-state index in [9.17, 15) is 0 Å². The van der Waals surface area contributed by atoms with E-state index < -0.39 is 0 Å². The largest absolute Gasteiger partial charge is 0.373 e. The first-order chi connectivity index (χ1) is 4.33. The Hall–Kier alpha value is 0.270. The van der Waals surface area contributed by atoms with E-state index in [4.69, 9.17) is 9.47 Å². The molecule has 0 amide bonds. The van der Waals surface area contributed by atoms with Gasteiger partial charge in [-0.05, 0) is 13.2 Å². The molecule has 0 aromatic carbocycles. The lowest BCUT2D eigenvalue weighted by atomic mass is 10.4. The third kappa shape index (κ3) is 2.16. The van der Waals surface area contributed by atoms with Crippen LogP contribution in [0.15, 0.2) is 0 Å². The van der Waals surface area contributed by atoms with E-state index in [1.807, 2.05) is 13.2 Å². The Morgan fingerprint density at radius 1 is 1.33 bits per heavy atom. The first-order valence-corrected chi connectivity index (χ1v) is 4.37. The average Bonchev–Trinajstić information content (AvgIpc) is 1.90. The van der Waals surface area contributed by atoms with Crippen molar-refractivity contribution in [3.63, 3.8) is 0 Å². The summed E-state index contributed by atoms with van der Waals surface area (Å²) < 4.78 is 10.7. The standard InChI is InChI=1S/C6H12O2S/c1-5-3-8-6(9-2)4-7-5/h5-6H,3-4H2,1-2H3. The molecule has 2 unspecified atom stereocenters. The van der Waals surface area contributed by atoms with E-state index in [-0.39, 0.29) is 11.5 Å². The van der Waals surface area contributed by atoms with Crippen molar-refractivity contribution in [1.82, 2.24) is 0 Å². The van der Waals surface area contributed by atoms with Crippen LogP contribution in [-0.4, -0.2) is 31.0 Å². The third-order valence-corrected chi connectivity index (χ3v) is 2.09. The second kappa shape index (κ2) is 3.44. The maximum atomic E-state index is 5.38. The van der Waals surface area contributed by atoms with Gasteiger partial charge in [-0.2, -0.15) is 0 Å². The van der Waals surface area contributed by atoms with Gasteiger partial charge < -0.3 is 9.47 Å². The van der Waals surface area contributed by atoms with Crippen molar-refractivity contribution >= 4 is 11.8 Å². The van der Waals surface area contributed by atoms with Crippen LogP contribution in [0.1, 0.15) is 6.92 Å². The van der Waals surface area contributed by atoms with Crippen molar-refractivity contribution in [2.45, 2.75) is 18.5 Å². The van der Waals surface area contributed by atoms with Gasteiger partial charge in [-0.1, -0.05) is 0 Å². The lowest BCUT2D eigenvalue weighted by molar-refractivity contribution is -0.0935. The van der Waals surface area contributed by atoms with Crippen LogP contribution in [-0.2, 0) is 9.47 Å². The normalized spacial score (nSPS) is 36.7. The lowest BCUT2D eigenvalue weighted by Crippen LogP contribution is -2.31. The Labute approximate surface area is 59.9 Å². The molecule has 0 spiro atoms. The van der Waals surface area contributed by atoms with Crippen LogP contribution in [0, 0.1) is 0 Å². The van der Waals surface area contributed by atoms with Gasteiger partial charge in [0.05, 0.1) is 19.3 Å². The molecule has 1 rings (SSSR count). The molecule has 2 atom stereocenters. The van der Waals surface area contributed by atoms with E-state index >= 15 is 0 Å². The molecular weight excluding hydrogens is 136 g/mol. The molecule has 1 aliphatic rings. The van der Waals surface area contributed by atoms with Crippen LogP contribution in [0.3, 0.4) is 0 Å². The maximum absolute atomic E-state index is 5.38. The molecule has 1 fully saturated rings. The minimum absolute atomic E-state index is 0.265. The average molecular weight is 148 g/mol. The zero-order chi connectivity index (χ0) is 6.69. The fourth-order valence-electron chi connectivity index (χ4n) is 0.718. The van der Waals surface area contributed by atoms with Crippen molar-refractivity contribution in [1.29, 1.82) is 0 Å². The van der Waals surface area contributed by atoms with E-state index in [0.29, 0.717) is 0 Å². The first-order valence-electron chi connectivity index (χ1n) is 3.09. The van der Waals surface area contributed by atoms with Gasteiger partial charge >= 0.3 is 0 Å². The molecule has 0 N–H and O–H groups in total. The summed E-state index contributed by atoms with van der Waals surface area (Å²) in [6.07, 6.45) is 2.32. The molecule has 0 aliphatic carbocycles. The zero-order valence-electron chi connectivity index (χ0n) is 5.79. The number of thioether (sulfide) groups is 1. The summed E-state index contributed by atoms with van der Waals surface area (Å²) in [6, 6.07) is 0. The van der Waals surface area contributed by atoms with E-state index in [1.165, 1.54) is 0 Å². The van der Waals surface area contributed by atoms with E-state index in [0.717, 1.165) is 13.2 Å². The van der Waals surface area contributed by atoms with Gasteiger partial charge in [0, 0.05) is 0 Å². The van der Waals surface area contributed by atoms with Crippen molar-refractivity contribution in [3.05, 3.63) is 0 Å². The molecule has 1 saturated heterocycles. The highest BCUT2D eigenvalue weighted by Gasteiger charge is 2.16. The van der Waals surface area contributed by atoms with Crippen LogP contribution < -0.4 is 0 Å². The summed E-state index contributed by atoms with van der Waals surface area (Å²) in [5.74, 6) is 0. The highest BCUT2D eigenvalue weighted by molar-refractivity contribution is 7.99. The molecule has 1 heterocycles. The molecule has 0 aromatic heterocycles. The molecule has 3 heteroatoms. The molecule has 0 saturated carbocycles. The Bertz CT molecular complexity index is 79.1. The predicted octanol–water partition coefficient (Wildman–Crippen LogP) is 1.11. The summed E-state index contributed by atoms with van der Waals surface area (Å²) in [6.45, 7) is 3.50. The van der Waals surface area contributed by atoms with Crippen LogP contribution in [0.25, 0.3) is 0 Å². The highest BCUT2D eigenvalue weighted by atomic mass is 32.2. The Morgan fingerprint density at radius 3 is 2.56 bits per heavy atom. The van der Waals surface area contributed by atoms with Gasteiger partial charge in [-0.25, -0.2) is 0 Å². The SMILES string of the molecule is CSC1COC(C)CO1. The smallest absolute Gasteiger partial charge is 0.126 e. The predicted molar refractivity (Wildman–Crippen MR) is 38.7 cm³/mol. The number of rotatable bonds is 1. The molecule has 0 radical (unpaired) electrons. The second-order valence-electron chi connectivity index (χ2n) is 2.14. The van der Waals surface area contributed by atoms with Crippen molar-refractivity contribution in [2.24, 2.45) is 0 Å². The van der Waals surface area contributed by atoms with Gasteiger partial charge in [-0.15, -0.1) is 11.8 Å².